The molecule has 2 aliphatic heterocycles. The Labute approximate surface area is 72.0 Å². The summed E-state index contributed by atoms with van der Waals surface area (Å²) in [5.41, 5.74) is 0.401. The van der Waals surface area contributed by atoms with E-state index in [9.17, 15) is 0 Å². The molecule has 2 unspecified atom stereocenters. The molecule has 68 valence electrons. The van der Waals surface area contributed by atoms with Gasteiger partial charge in [-0.3, -0.25) is 0 Å². The van der Waals surface area contributed by atoms with Crippen LogP contribution in [0.25, 0.3) is 0 Å². The Bertz CT molecular complexity index is 200. The number of methoxy groups -OCH3 is 1. The fourth-order valence-corrected chi connectivity index (χ4v) is 2.44. The minimum absolute atomic E-state index is 0.176. The molecule has 0 N–H and O–H groups in total. The van der Waals surface area contributed by atoms with Crippen LogP contribution in [0.2, 0.25) is 0 Å². The second kappa shape index (κ2) is 2.22. The molecule has 0 aromatic rings. The largest absolute Gasteiger partial charge is 0.376 e. The number of hydrogen-bond acceptors (Lipinski definition) is 3. The smallest absolute Gasteiger partial charge is 0.113 e. The van der Waals surface area contributed by atoms with E-state index in [0.717, 1.165) is 6.61 Å². The summed E-state index contributed by atoms with van der Waals surface area (Å²) in [5, 5.41) is 0. The van der Waals surface area contributed by atoms with Gasteiger partial charge in [-0.2, -0.15) is 0 Å². The first-order chi connectivity index (χ1) is 5.86. The molecule has 2 saturated heterocycles. The van der Waals surface area contributed by atoms with Crippen LogP contribution in [0, 0.1) is 5.41 Å². The van der Waals surface area contributed by atoms with Crippen molar-refractivity contribution in [2.75, 3.05) is 20.3 Å². The molecule has 12 heavy (non-hydrogen) atoms. The summed E-state index contributed by atoms with van der Waals surface area (Å²) in [6.45, 7) is 1.61. The Balaban J connectivity index is 1.81. The van der Waals surface area contributed by atoms with Crippen molar-refractivity contribution in [2.24, 2.45) is 5.41 Å². The van der Waals surface area contributed by atoms with Crippen LogP contribution in [-0.2, 0) is 14.2 Å². The zero-order chi connectivity index (χ0) is 8.18. The van der Waals surface area contributed by atoms with Crippen molar-refractivity contribution in [3.8, 4) is 0 Å². The first-order valence-corrected chi connectivity index (χ1v) is 4.62. The molecule has 3 heteroatoms. The molecular weight excluding hydrogens is 156 g/mol. The standard InChI is InChI=1S/C9H14O3/c1-10-6-4-11-8-7(6)12-5-9(8)2-3-9/h6-8H,2-5H2,1H3/t6-,7?,8?/m1/s1. The van der Waals surface area contributed by atoms with Crippen LogP contribution in [-0.4, -0.2) is 38.6 Å². The molecule has 2 heterocycles. The van der Waals surface area contributed by atoms with Crippen LogP contribution in [0.5, 0.6) is 0 Å². The Morgan fingerprint density at radius 1 is 1.33 bits per heavy atom. The zero-order valence-electron chi connectivity index (χ0n) is 7.29. The van der Waals surface area contributed by atoms with E-state index in [1.807, 2.05) is 0 Å². The fourth-order valence-electron chi connectivity index (χ4n) is 2.44. The SMILES string of the molecule is CO[C@@H]1COC2C1OCC21CC1. The van der Waals surface area contributed by atoms with Crippen molar-refractivity contribution in [3.63, 3.8) is 0 Å². The second-order valence-corrected chi connectivity index (χ2v) is 4.17. The van der Waals surface area contributed by atoms with Crippen molar-refractivity contribution in [2.45, 2.75) is 31.2 Å². The van der Waals surface area contributed by atoms with Crippen molar-refractivity contribution in [3.05, 3.63) is 0 Å². The van der Waals surface area contributed by atoms with Gasteiger partial charge in [0.05, 0.1) is 19.3 Å². The summed E-state index contributed by atoms with van der Waals surface area (Å²) >= 11 is 0. The lowest BCUT2D eigenvalue weighted by molar-refractivity contribution is -0.01000. The molecule has 1 aliphatic carbocycles. The van der Waals surface area contributed by atoms with Gasteiger partial charge in [0.15, 0.2) is 0 Å². The van der Waals surface area contributed by atoms with Crippen LogP contribution in [0.15, 0.2) is 0 Å². The summed E-state index contributed by atoms with van der Waals surface area (Å²) in [4.78, 5) is 0. The maximum atomic E-state index is 5.71. The Morgan fingerprint density at radius 3 is 2.83 bits per heavy atom. The molecule has 3 aliphatic rings. The lowest BCUT2D eigenvalue weighted by Crippen LogP contribution is -2.30. The molecule has 3 rings (SSSR count). The van der Waals surface area contributed by atoms with Gasteiger partial charge in [-0.25, -0.2) is 0 Å². The lowest BCUT2D eigenvalue weighted by atomic mass is 9.99. The quantitative estimate of drug-likeness (QED) is 0.576. The average molecular weight is 170 g/mol. The van der Waals surface area contributed by atoms with Crippen LogP contribution in [0.1, 0.15) is 12.8 Å². The molecule has 0 radical (unpaired) electrons. The topological polar surface area (TPSA) is 27.7 Å². The van der Waals surface area contributed by atoms with E-state index in [-0.39, 0.29) is 12.2 Å². The Kier molecular flexibility index (Phi) is 1.35. The highest BCUT2D eigenvalue weighted by molar-refractivity contribution is 5.10. The molecule has 1 saturated carbocycles. The van der Waals surface area contributed by atoms with Gasteiger partial charge in [-0.05, 0) is 12.8 Å². The van der Waals surface area contributed by atoms with E-state index in [0.29, 0.717) is 18.1 Å². The molecule has 0 aromatic heterocycles. The van der Waals surface area contributed by atoms with Gasteiger partial charge >= 0.3 is 0 Å². The first kappa shape index (κ1) is 7.30. The zero-order valence-corrected chi connectivity index (χ0v) is 7.29. The van der Waals surface area contributed by atoms with E-state index in [1.165, 1.54) is 12.8 Å². The van der Waals surface area contributed by atoms with E-state index in [1.54, 1.807) is 7.11 Å². The van der Waals surface area contributed by atoms with Crippen LogP contribution < -0.4 is 0 Å². The van der Waals surface area contributed by atoms with Crippen LogP contribution in [0.3, 0.4) is 0 Å². The third-order valence-corrected chi connectivity index (χ3v) is 3.47. The minimum atomic E-state index is 0.176. The van der Waals surface area contributed by atoms with Gasteiger partial charge < -0.3 is 14.2 Å². The summed E-state index contributed by atoms with van der Waals surface area (Å²) in [7, 11) is 1.73. The van der Waals surface area contributed by atoms with Gasteiger partial charge in [0.25, 0.3) is 0 Å². The van der Waals surface area contributed by atoms with Gasteiger partial charge in [0.1, 0.15) is 12.2 Å². The molecule has 0 bridgehead atoms. The van der Waals surface area contributed by atoms with E-state index < -0.39 is 0 Å². The predicted octanol–water partition coefficient (Wildman–Crippen LogP) is 0.579. The number of hydrogen-bond donors (Lipinski definition) is 0. The number of fused-ring (bicyclic) bond motifs is 2. The molecule has 3 fully saturated rings. The Hall–Kier alpha value is -0.120. The average Bonchev–Trinajstić information content (AvgIpc) is 2.59. The number of ether oxygens (including phenoxy) is 3. The predicted molar refractivity (Wildman–Crippen MR) is 41.9 cm³/mol. The number of rotatable bonds is 1. The van der Waals surface area contributed by atoms with Crippen molar-refractivity contribution >= 4 is 0 Å². The highest BCUT2D eigenvalue weighted by Gasteiger charge is 2.62. The highest BCUT2D eigenvalue weighted by Crippen LogP contribution is 2.57. The Morgan fingerprint density at radius 2 is 2.17 bits per heavy atom. The summed E-state index contributed by atoms with van der Waals surface area (Å²) in [6, 6.07) is 0. The van der Waals surface area contributed by atoms with E-state index in [4.69, 9.17) is 14.2 Å². The minimum Gasteiger partial charge on any atom is -0.376 e. The fraction of sp³-hybridized carbons (Fsp3) is 1.00. The maximum Gasteiger partial charge on any atom is 0.113 e. The lowest BCUT2D eigenvalue weighted by Gasteiger charge is -2.14. The molecule has 0 amide bonds. The van der Waals surface area contributed by atoms with Gasteiger partial charge in [0, 0.05) is 12.5 Å². The van der Waals surface area contributed by atoms with Gasteiger partial charge in [-0.1, -0.05) is 0 Å². The summed E-state index contributed by atoms with van der Waals surface area (Å²) < 4.78 is 16.7. The molecule has 1 spiro atoms. The molecule has 3 nitrogen and oxygen atoms in total. The normalized spacial score (nSPS) is 48.2. The molecule has 3 atom stereocenters. The van der Waals surface area contributed by atoms with Crippen molar-refractivity contribution < 1.29 is 14.2 Å². The summed E-state index contributed by atoms with van der Waals surface area (Å²) in [5.74, 6) is 0. The first-order valence-electron chi connectivity index (χ1n) is 4.62. The van der Waals surface area contributed by atoms with E-state index in [2.05, 4.69) is 0 Å². The van der Waals surface area contributed by atoms with Gasteiger partial charge in [-0.15, -0.1) is 0 Å². The molecular formula is C9H14O3. The van der Waals surface area contributed by atoms with Crippen molar-refractivity contribution in [1.82, 2.24) is 0 Å². The summed E-state index contributed by atoms with van der Waals surface area (Å²) in [6.07, 6.45) is 3.30. The van der Waals surface area contributed by atoms with E-state index >= 15 is 0 Å². The highest BCUT2D eigenvalue weighted by atomic mass is 16.6. The van der Waals surface area contributed by atoms with Crippen LogP contribution >= 0.6 is 0 Å². The third-order valence-electron chi connectivity index (χ3n) is 3.47. The van der Waals surface area contributed by atoms with Gasteiger partial charge in [0.2, 0.25) is 0 Å². The maximum absolute atomic E-state index is 5.71. The second-order valence-electron chi connectivity index (χ2n) is 4.17. The van der Waals surface area contributed by atoms with Crippen LogP contribution in [0.4, 0.5) is 0 Å². The third kappa shape index (κ3) is 0.767. The van der Waals surface area contributed by atoms with Crippen molar-refractivity contribution in [1.29, 1.82) is 0 Å². The molecule has 0 aromatic carbocycles. The monoisotopic (exact) mass is 170 g/mol.